The van der Waals surface area contributed by atoms with E-state index in [9.17, 15) is 13.5 Å². The molecule has 1 fully saturated rings. The summed E-state index contributed by atoms with van der Waals surface area (Å²) >= 11 is 5.30. The number of hydrogen-bond donors (Lipinski definition) is 3. The summed E-state index contributed by atoms with van der Waals surface area (Å²) in [4.78, 5) is 0.138. The maximum absolute atomic E-state index is 12.7. The van der Waals surface area contributed by atoms with Crippen LogP contribution in [0.4, 0.5) is 11.4 Å². The molecule has 27 heavy (non-hydrogen) atoms. The second-order valence-corrected chi connectivity index (χ2v) is 9.01. The van der Waals surface area contributed by atoms with Crippen LogP contribution in [0.1, 0.15) is 24.0 Å². The van der Waals surface area contributed by atoms with E-state index < -0.39 is 10.0 Å². The Morgan fingerprint density at radius 3 is 2.41 bits per heavy atom. The molecule has 6 nitrogen and oxygen atoms in total. The number of aromatic hydroxyl groups is 1. The molecule has 8 heteroatoms. The van der Waals surface area contributed by atoms with Crippen molar-refractivity contribution in [3.8, 4) is 5.75 Å². The summed E-state index contributed by atoms with van der Waals surface area (Å²) in [5.74, 6) is -0.0698. The van der Waals surface area contributed by atoms with E-state index in [1.807, 2.05) is 32.0 Å². The average molecular weight is 406 g/mol. The molecule has 2 aromatic rings. The molecule has 1 saturated heterocycles. The van der Waals surface area contributed by atoms with Gasteiger partial charge in [0, 0.05) is 18.8 Å². The minimum absolute atomic E-state index is 0.0698. The maximum Gasteiger partial charge on any atom is 0.243 e. The van der Waals surface area contributed by atoms with E-state index in [1.54, 1.807) is 0 Å². The van der Waals surface area contributed by atoms with E-state index in [2.05, 4.69) is 10.6 Å². The van der Waals surface area contributed by atoms with Crippen molar-refractivity contribution in [2.75, 3.05) is 23.7 Å². The largest absolute Gasteiger partial charge is 0.506 e. The first kappa shape index (κ1) is 19.6. The third-order valence-corrected chi connectivity index (χ3v) is 6.78. The number of phenols is 1. The molecule has 0 aromatic heterocycles. The summed E-state index contributed by atoms with van der Waals surface area (Å²) in [5, 5.41) is 16.3. The number of thiocarbonyl (C=S) groups is 1. The van der Waals surface area contributed by atoms with E-state index in [0.717, 1.165) is 24.1 Å². The highest BCUT2D eigenvalue weighted by atomic mass is 32.2. The van der Waals surface area contributed by atoms with E-state index >= 15 is 0 Å². The van der Waals surface area contributed by atoms with Crippen LogP contribution in [0.2, 0.25) is 0 Å². The highest BCUT2D eigenvalue weighted by molar-refractivity contribution is 7.89. The number of aryl methyl sites for hydroxylation is 2. The van der Waals surface area contributed by atoms with Crippen molar-refractivity contribution < 1.29 is 13.5 Å². The molecule has 144 valence electrons. The van der Waals surface area contributed by atoms with Gasteiger partial charge in [-0.2, -0.15) is 4.31 Å². The molecule has 0 spiro atoms. The van der Waals surface area contributed by atoms with Crippen molar-refractivity contribution in [1.82, 2.24) is 4.31 Å². The van der Waals surface area contributed by atoms with Crippen molar-refractivity contribution in [3.05, 3.63) is 47.5 Å². The second-order valence-electron chi connectivity index (χ2n) is 6.67. The van der Waals surface area contributed by atoms with Crippen molar-refractivity contribution in [1.29, 1.82) is 0 Å². The van der Waals surface area contributed by atoms with Gasteiger partial charge in [-0.05, 0) is 80.4 Å². The number of phenolic OH excluding ortho intramolecular Hbond substituents is 1. The van der Waals surface area contributed by atoms with Crippen LogP contribution in [0.15, 0.2) is 41.3 Å². The van der Waals surface area contributed by atoms with Gasteiger partial charge in [0.2, 0.25) is 10.0 Å². The van der Waals surface area contributed by atoms with Gasteiger partial charge < -0.3 is 15.7 Å². The molecular weight excluding hydrogens is 382 g/mol. The van der Waals surface area contributed by atoms with Crippen LogP contribution in [0.25, 0.3) is 0 Å². The fourth-order valence-electron chi connectivity index (χ4n) is 2.96. The van der Waals surface area contributed by atoms with Crippen molar-refractivity contribution in [2.24, 2.45) is 0 Å². The van der Waals surface area contributed by atoms with Gasteiger partial charge in [-0.25, -0.2) is 8.42 Å². The Labute approximate surface area is 165 Å². The smallest absolute Gasteiger partial charge is 0.243 e. The average Bonchev–Trinajstić information content (AvgIpc) is 3.15. The molecule has 3 rings (SSSR count). The first-order valence-corrected chi connectivity index (χ1v) is 10.6. The molecule has 1 aliphatic rings. The molecule has 0 unspecified atom stereocenters. The van der Waals surface area contributed by atoms with Crippen LogP contribution >= 0.6 is 12.2 Å². The molecule has 0 radical (unpaired) electrons. The van der Waals surface area contributed by atoms with E-state index in [0.29, 0.717) is 13.1 Å². The number of nitrogens with one attached hydrogen (secondary N) is 2. The van der Waals surface area contributed by atoms with Gasteiger partial charge in [0.1, 0.15) is 5.75 Å². The van der Waals surface area contributed by atoms with Crippen LogP contribution < -0.4 is 10.6 Å². The Morgan fingerprint density at radius 2 is 1.74 bits per heavy atom. The normalized spacial score (nSPS) is 14.9. The minimum Gasteiger partial charge on any atom is -0.506 e. The zero-order valence-electron chi connectivity index (χ0n) is 15.3. The summed E-state index contributed by atoms with van der Waals surface area (Å²) in [7, 11) is -3.56. The Bertz CT molecular complexity index is 968. The molecule has 1 aliphatic heterocycles. The van der Waals surface area contributed by atoms with Crippen LogP contribution in [-0.2, 0) is 10.0 Å². The summed E-state index contributed by atoms with van der Waals surface area (Å²) in [6, 6.07) is 10.1. The van der Waals surface area contributed by atoms with E-state index in [1.165, 1.54) is 28.1 Å². The van der Waals surface area contributed by atoms with Crippen LogP contribution in [0, 0.1) is 13.8 Å². The first-order chi connectivity index (χ1) is 12.8. The van der Waals surface area contributed by atoms with Crippen molar-refractivity contribution in [3.63, 3.8) is 0 Å². The predicted octanol–water partition coefficient (Wildman–Crippen LogP) is 3.60. The highest BCUT2D eigenvalue weighted by Gasteiger charge is 2.27. The van der Waals surface area contributed by atoms with Gasteiger partial charge >= 0.3 is 0 Å². The second kappa shape index (κ2) is 7.84. The lowest BCUT2D eigenvalue weighted by Gasteiger charge is -2.17. The lowest BCUT2D eigenvalue weighted by Crippen LogP contribution is -2.28. The van der Waals surface area contributed by atoms with Gasteiger partial charge in [-0.3, -0.25) is 0 Å². The highest BCUT2D eigenvalue weighted by Crippen LogP contribution is 2.29. The predicted molar refractivity (Wildman–Crippen MR) is 112 cm³/mol. The molecule has 0 atom stereocenters. The number of benzene rings is 2. The number of nitrogens with zero attached hydrogens (tertiary/aromatic N) is 1. The molecular formula is C19H23N3O3S2. The lowest BCUT2D eigenvalue weighted by molar-refractivity contribution is 0.473. The fraction of sp³-hybridized carbons (Fsp3) is 0.316. The summed E-state index contributed by atoms with van der Waals surface area (Å²) in [5.41, 5.74) is 3.37. The Kier molecular flexibility index (Phi) is 5.69. The molecule has 1 heterocycles. The number of sulfonamides is 1. The SMILES string of the molecule is Cc1ccc(NC(=S)Nc2cc(S(=O)(=O)N3CCCC3)ccc2O)cc1C. The van der Waals surface area contributed by atoms with Crippen LogP contribution in [0.3, 0.4) is 0 Å². The molecule has 0 saturated carbocycles. The number of hydrogen-bond acceptors (Lipinski definition) is 4. The third-order valence-electron chi connectivity index (χ3n) is 4.68. The number of rotatable bonds is 4. The summed E-state index contributed by atoms with van der Waals surface area (Å²) in [6.07, 6.45) is 1.73. The molecule has 0 bridgehead atoms. The lowest BCUT2D eigenvalue weighted by atomic mass is 10.1. The minimum atomic E-state index is -3.56. The van der Waals surface area contributed by atoms with Gasteiger partial charge in [-0.15, -0.1) is 0 Å². The molecule has 0 aliphatic carbocycles. The van der Waals surface area contributed by atoms with Gasteiger partial charge in [0.25, 0.3) is 0 Å². The third kappa shape index (κ3) is 4.40. The quantitative estimate of drug-likeness (QED) is 0.533. The van der Waals surface area contributed by atoms with Crippen LogP contribution in [0.5, 0.6) is 5.75 Å². The standard InChI is InChI=1S/C19H23N3O3S2/c1-13-5-6-15(11-14(13)2)20-19(26)21-17-12-16(7-8-18(17)23)27(24,25)22-9-3-4-10-22/h5-8,11-12,23H,3-4,9-10H2,1-2H3,(H2,20,21,26). The van der Waals surface area contributed by atoms with E-state index in [-0.39, 0.29) is 21.4 Å². The molecule has 0 amide bonds. The van der Waals surface area contributed by atoms with E-state index in [4.69, 9.17) is 12.2 Å². The van der Waals surface area contributed by atoms with Gasteiger partial charge in [0.05, 0.1) is 10.6 Å². The molecule has 2 aromatic carbocycles. The fourth-order valence-corrected chi connectivity index (χ4v) is 4.73. The van der Waals surface area contributed by atoms with Crippen molar-refractivity contribution >= 4 is 38.7 Å². The zero-order valence-corrected chi connectivity index (χ0v) is 17.0. The Morgan fingerprint density at radius 1 is 1.04 bits per heavy atom. The number of anilines is 2. The topological polar surface area (TPSA) is 81.7 Å². The van der Waals surface area contributed by atoms with Crippen LogP contribution in [-0.4, -0.2) is 36.0 Å². The monoisotopic (exact) mass is 405 g/mol. The zero-order chi connectivity index (χ0) is 19.6. The molecule has 3 N–H and O–H groups in total. The first-order valence-electron chi connectivity index (χ1n) is 8.76. The maximum atomic E-state index is 12.7. The Hall–Kier alpha value is -2.16. The summed E-state index contributed by atoms with van der Waals surface area (Å²) in [6.45, 7) is 5.09. The van der Waals surface area contributed by atoms with Gasteiger partial charge in [0.15, 0.2) is 5.11 Å². The Balaban J connectivity index is 1.78. The summed E-state index contributed by atoms with van der Waals surface area (Å²) < 4.78 is 26.9. The van der Waals surface area contributed by atoms with Crippen molar-refractivity contribution in [2.45, 2.75) is 31.6 Å². The van der Waals surface area contributed by atoms with Gasteiger partial charge in [-0.1, -0.05) is 6.07 Å².